The van der Waals surface area contributed by atoms with Crippen LogP contribution in [0.4, 0.5) is 5.69 Å². The van der Waals surface area contributed by atoms with E-state index in [-0.39, 0.29) is 23.0 Å². The van der Waals surface area contributed by atoms with Crippen molar-refractivity contribution >= 4 is 50.7 Å². The number of hydrogen-bond donors (Lipinski definition) is 1. The molecule has 0 heterocycles. The number of benzene rings is 3. The molecule has 10 heteroatoms. The summed E-state index contributed by atoms with van der Waals surface area (Å²) >= 11 is 12.4. The Labute approximate surface area is 228 Å². The van der Waals surface area contributed by atoms with Gasteiger partial charge in [-0.25, -0.2) is 8.42 Å². The lowest BCUT2D eigenvalue weighted by atomic mass is 10.1. The standard InChI is InChI=1S/C27H29Cl2N3O4S/c1-3-25(27(34)30-4-2)31(18-20-10-8-9-13-24(20)29)26(33)19-32(22-16-14-21(28)15-17-22)37(35,36)23-11-6-5-7-12-23/h5-17,25H,3-4,18-19H2,1-2H3,(H,30,34)/t25-/m1/s1. The molecule has 1 N–H and O–H groups in total. The zero-order valence-corrected chi connectivity index (χ0v) is 22.9. The highest BCUT2D eigenvalue weighted by atomic mass is 35.5. The predicted molar refractivity (Wildman–Crippen MR) is 147 cm³/mol. The van der Waals surface area contributed by atoms with E-state index in [0.717, 1.165) is 4.31 Å². The molecule has 37 heavy (non-hydrogen) atoms. The number of carbonyl (C=O) groups excluding carboxylic acids is 2. The lowest BCUT2D eigenvalue weighted by Gasteiger charge is -2.33. The van der Waals surface area contributed by atoms with Crippen LogP contribution in [-0.2, 0) is 26.2 Å². The number of anilines is 1. The maximum atomic E-state index is 13.9. The molecule has 7 nitrogen and oxygen atoms in total. The van der Waals surface area contributed by atoms with E-state index in [2.05, 4.69) is 5.32 Å². The van der Waals surface area contributed by atoms with E-state index in [9.17, 15) is 18.0 Å². The normalized spacial score (nSPS) is 12.0. The van der Waals surface area contributed by atoms with Gasteiger partial charge in [0.15, 0.2) is 0 Å². The molecule has 0 aliphatic heterocycles. The smallest absolute Gasteiger partial charge is 0.264 e. The molecule has 2 amide bonds. The van der Waals surface area contributed by atoms with Crippen molar-refractivity contribution in [2.75, 3.05) is 17.4 Å². The van der Waals surface area contributed by atoms with Crippen molar-refractivity contribution in [2.45, 2.75) is 37.8 Å². The number of hydrogen-bond acceptors (Lipinski definition) is 4. The number of amides is 2. The van der Waals surface area contributed by atoms with E-state index in [1.165, 1.54) is 29.2 Å². The van der Waals surface area contributed by atoms with Crippen LogP contribution in [0.3, 0.4) is 0 Å². The molecule has 0 fully saturated rings. The molecule has 1 atom stereocenters. The van der Waals surface area contributed by atoms with Crippen molar-refractivity contribution in [3.63, 3.8) is 0 Å². The zero-order chi connectivity index (χ0) is 27.0. The summed E-state index contributed by atoms with van der Waals surface area (Å²) in [5, 5.41) is 3.64. The van der Waals surface area contributed by atoms with Crippen molar-refractivity contribution in [3.05, 3.63) is 94.5 Å². The third kappa shape index (κ3) is 7.03. The van der Waals surface area contributed by atoms with E-state index < -0.39 is 28.5 Å². The summed E-state index contributed by atoms with van der Waals surface area (Å²) in [7, 11) is -4.12. The van der Waals surface area contributed by atoms with Crippen molar-refractivity contribution < 1.29 is 18.0 Å². The molecule has 0 aliphatic rings. The molecule has 0 saturated carbocycles. The highest BCUT2D eigenvalue weighted by Gasteiger charge is 2.33. The molecule has 0 unspecified atom stereocenters. The lowest BCUT2D eigenvalue weighted by molar-refractivity contribution is -0.140. The second-order valence-electron chi connectivity index (χ2n) is 8.23. The van der Waals surface area contributed by atoms with Gasteiger partial charge in [0.1, 0.15) is 12.6 Å². The molecule has 3 aromatic rings. The Balaban J connectivity index is 2.05. The fourth-order valence-corrected chi connectivity index (χ4v) is 5.63. The fraction of sp³-hybridized carbons (Fsp3) is 0.259. The molecule has 0 saturated heterocycles. The quantitative estimate of drug-likeness (QED) is 0.351. The molecule has 0 bridgehead atoms. The number of likely N-dealkylation sites (N-methyl/N-ethyl adjacent to an activating group) is 1. The van der Waals surface area contributed by atoms with Crippen molar-refractivity contribution in [3.8, 4) is 0 Å². The average Bonchev–Trinajstić information content (AvgIpc) is 2.89. The third-order valence-corrected chi connectivity index (χ3v) is 8.17. The summed E-state index contributed by atoms with van der Waals surface area (Å²) in [6, 6.07) is 20.3. The number of halogens is 2. The number of nitrogens with one attached hydrogen (secondary N) is 1. The third-order valence-electron chi connectivity index (χ3n) is 5.76. The van der Waals surface area contributed by atoms with Crippen LogP contribution in [0.2, 0.25) is 10.0 Å². The van der Waals surface area contributed by atoms with Gasteiger partial charge in [0.2, 0.25) is 11.8 Å². The SMILES string of the molecule is CCNC(=O)[C@@H](CC)N(Cc1ccccc1Cl)C(=O)CN(c1ccc(Cl)cc1)S(=O)(=O)c1ccccc1. The highest BCUT2D eigenvalue weighted by molar-refractivity contribution is 7.92. The van der Waals surface area contributed by atoms with E-state index in [0.29, 0.717) is 28.6 Å². The van der Waals surface area contributed by atoms with Crippen LogP contribution in [0.15, 0.2) is 83.8 Å². The Bertz CT molecular complexity index is 1320. The molecular weight excluding hydrogens is 533 g/mol. The first-order chi connectivity index (χ1) is 17.7. The monoisotopic (exact) mass is 561 g/mol. The van der Waals surface area contributed by atoms with Crippen LogP contribution in [0.1, 0.15) is 25.8 Å². The maximum Gasteiger partial charge on any atom is 0.264 e. The van der Waals surface area contributed by atoms with E-state index in [4.69, 9.17) is 23.2 Å². The number of rotatable bonds is 11. The Morgan fingerprint density at radius 2 is 1.51 bits per heavy atom. The van der Waals surface area contributed by atoms with Gasteiger partial charge in [0, 0.05) is 23.1 Å². The Morgan fingerprint density at radius 1 is 0.892 bits per heavy atom. The molecule has 0 aliphatic carbocycles. The molecule has 196 valence electrons. The first-order valence-corrected chi connectivity index (χ1v) is 14.0. The van der Waals surface area contributed by atoms with Gasteiger partial charge < -0.3 is 10.2 Å². The van der Waals surface area contributed by atoms with Gasteiger partial charge in [-0.3, -0.25) is 13.9 Å². The van der Waals surface area contributed by atoms with Crippen LogP contribution >= 0.6 is 23.2 Å². The summed E-state index contributed by atoms with van der Waals surface area (Å²) < 4.78 is 28.4. The summed E-state index contributed by atoms with van der Waals surface area (Å²) in [5.74, 6) is -0.873. The molecule has 3 aromatic carbocycles. The minimum atomic E-state index is -4.12. The van der Waals surface area contributed by atoms with Gasteiger partial charge in [0.05, 0.1) is 10.6 Å². The van der Waals surface area contributed by atoms with Gasteiger partial charge in [-0.05, 0) is 61.4 Å². The number of carbonyl (C=O) groups is 2. The molecule has 0 radical (unpaired) electrons. The zero-order valence-electron chi connectivity index (χ0n) is 20.6. The number of sulfonamides is 1. The summed E-state index contributed by atoms with van der Waals surface area (Å²) in [6.45, 7) is 3.49. The minimum absolute atomic E-state index is 0.0335. The second kappa shape index (κ2) is 12.9. The van der Waals surface area contributed by atoms with E-state index in [1.807, 2.05) is 0 Å². The summed E-state index contributed by atoms with van der Waals surface area (Å²) in [4.78, 5) is 28.2. The van der Waals surface area contributed by atoms with Crippen LogP contribution in [0.25, 0.3) is 0 Å². The van der Waals surface area contributed by atoms with E-state index >= 15 is 0 Å². The van der Waals surface area contributed by atoms with Gasteiger partial charge in [-0.2, -0.15) is 0 Å². The topological polar surface area (TPSA) is 86.8 Å². The van der Waals surface area contributed by atoms with Crippen LogP contribution in [-0.4, -0.2) is 44.3 Å². The van der Waals surface area contributed by atoms with Gasteiger partial charge >= 0.3 is 0 Å². The molecular formula is C27H29Cl2N3O4S. The Morgan fingerprint density at radius 3 is 2.11 bits per heavy atom. The highest BCUT2D eigenvalue weighted by Crippen LogP contribution is 2.26. The van der Waals surface area contributed by atoms with E-state index in [1.54, 1.807) is 68.4 Å². The van der Waals surface area contributed by atoms with Crippen molar-refractivity contribution in [1.82, 2.24) is 10.2 Å². The van der Waals surface area contributed by atoms with Crippen molar-refractivity contribution in [2.24, 2.45) is 0 Å². The molecule has 3 rings (SSSR count). The largest absolute Gasteiger partial charge is 0.355 e. The van der Waals surface area contributed by atoms with Crippen LogP contribution in [0.5, 0.6) is 0 Å². The predicted octanol–water partition coefficient (Wildman–Crippen LogP) is 5.13. The average molecular weight is 563 g/mol. The molecule has 0 spiro atoms. The van der Waals surface area contributed by atoms with Gasteiger partial charge in [0.25, 0.3) is 10.0 Å². The van der Waals surface area contributed by atoms with Gasteiger partial charge in [-0.1, -0.05) is 66.5 Å². The Hall–Kier alpha value is -3.07. The number of nitrogens with zero attached hydrogens (tertiary/aromatic N) is 2. The molecule has 0 aromatic heterocycles. The van der Waals surface area contributed by atoms with Crippen LogP contribution < -0.4 is 9.62 Å². The minimum Gasteiger partial charge on any atom is -0.355 e. The van der Waals surface area contributed by atoms with Gasteiger partial charge in [-0.15, -0.1) is 0 Å². The maximum absolute atomic E-state index is 13.9. The fourth-order valence-electron chi connectivity index (χ4n) is 3.88. The summed E-state index contributed by atoms with van der Waals surface area (Å²) in [6.07, 6.45) is 0.328. The Kier molecular flexibility index (Phi) is 9.97. The first kappa shape index (κ1) is 28.5. The van der Waals surface area contributed by atoms with Crippen LogP contribution in [0, 0.1) is 0 Å². The van der Waals surface area contributed by atoms with Crippen molar-refractivity contribution in [1.29, 1.82) is 0 Å². The first-order valence-electron chi connectivity index (χ1n) is 11.8. The summed E-state index contributed by atoms with van der Waals surface area (Å²) in [5.41, 5.74) is 0.912. The lowest BCUT2D eigenvalue weighted by Crippen LogP contribution is -2.52. The second-order valence-corrected chi connectivity index (χ2v) is 10.9.